The molecule has 1 amide bonds. The summed E-state index contributed by atoms with van der Waals surface area (Å²) in [4.78, 5) is 23.1. The Balaban J connectivity index is 1.62. The second-order valence-electron chi connectivity index (χ2n) is 8.82. The number of ether oxygens (including phenoxy) is 1. The summed E-state index contributed by atoms with van der Waals surface area (Å²) in [5, 5.41) is 12.4. The summed E-state index contributed by atoms with van der Waals surface area (Å²) in [5.74, 6) is 0.138. The van der Waals surface area contributed by atoms with Gasteiger partial charge in [0.1, 0.15) is 0 Å². The fraction of sp³-hybridized carbons (Fsp3) is 0.458. The maximum atomic E-state index is 12.4. The molecular weight excluding hydrogens is 394 g/mol. The van der Waals surface area contributed by atoms with Gasteiger partial charge in [-0.05, 0) is 68.1 Å². The predicted octanol–water partition coefficient (Wildman–Crippen LogP) is 4.23. The molecule has 30 heavy (non-hydrogen) atoms. The van der Waals surface area contributed by atoms with Gasteiger partial charge in [-0.2, -0.15) is 0 Å². The maximum absolute atomic E-state index is 12.4. The van der Waals surface area contributed by atoms with Crippen molar-refractivity contribution in [3.63, 3.8) is 0 Å². The number of amides is 1. The highest BCUT2D eigenvalue weighted by atomic mass is 28.4. The molecule has 1 fully saturated rings. The molecule has 3 N–H and O–H groups in total. The van der Waals surface area contributed by atoms with E-state index in [2.05, 4.69) is 18.3 Å². The number of carbonyl (C=O) groups excluding carboxylic acids is 1. The van der Waals surface area contributed by atoms with Crippen LogP contribution in [0.2, 0.25) is 18.6 Å². The van der Waals surface area contributed by atoms with Gasteiger partial charge in [-0.15, -0.1) is 0 Å². The van der Waals surface area contributed by atoms with Gasteiger partial charge in [-0.25, -0.2) is 0 Å². The fourth-order valence-electron chi connectivity index (χ4n) is 4.71. The molecule has 0 spiro atoms. The number of rotatable bonds is 8. The van der Waals surface area contributed by atoms with E-state index in [1.54, 1.807) is 12.1 Å². The van der Waals surface area contributed by atoms with Crippen LogP contribution >= 0.6 is 0 Å². The zero-order chi connectivity index (χ0) is 21.7. The van der Waals surface area contributed by atoms with Gasteiger partial charge in [-0.1, -0.05) is 37.3 Å². The van der Waals surface area contributed by atoms with Gasteiger partial charge < -0.3 is 20.0 Å². The van der Waals surface area contributed by atoms with Crippen LogP contribution in [0, 0.1) is 5.92 Å². The number of hydrogen-bond donors (Lipinski definition) is 3. The highest BCUT2D eigenvalue weighted by Crippen LogP contribution is 2.45. The topological polar surface area (TPSA) is 78.8 Å². The molecule has 0 bridgehead atoms. The summed E-state index contributed by atoms with van der Waals surface area (Å²) in [5.41, 5.74) is 2.68. The monoisotopic (exact) mass is 427 g/mol. The van der Waals surface area contributed by atoms with Gasteiger partial charge in [0.15, 0.2) is 8.32 Å². The molecule has 0 aromatic heterocycles. The van der Waals surface area contributed by atoms with Crippen molar-refractivity contribution in [2.45, 2.75) is 57.0 Å². The molecule has 0 radical (unpaired) electrons. The first-order valence-corrected chi connectivity index (χ1v) is 13.8. The molecule has 3 rings (SSSR count). The van der Waals surface area contributed by atoms with E-state index in [0.29, 0.717) is 12.0 Å². The van der Waals surface area contributed by atoms with E-state index in [1.165, 1.54) is 0 Å². The standard InChI is InChI=1S/C24H33NO4Si/c1-17-21(29-22(14-15-26)23(17)30(2,3)28)13-12-18-8-7-11-20(16-18)25-24(27)19-9-5-4-6-10-19/h4-11,16-17,21-23,26,28H,12-15H2,1-3H3,(H,25,27)/t17-,21+,22-,23+/m1/s1. The van der Waals surface area contributed by atoms with Crippen molar-refractivity contribution < 1.29 is 19.4 Å². The van der Waals surface area contributed by atoms with Crippen LogP contribution in [0.5, 0.6) is 0 Å². The summed E-state index contributed by atoms with van der Waals surface area (Å²) in [6, 6.07) is 17.1. The first-order chi connectivity index (χ1) is 14.3. The second-order valence-corrected chi connectivity index (χ2v) is 12.8. The van der Waals surface area contributed by atoms with Gasteiger partial charge >= 0.3 is 0 Å². The summed E-state index contributed by atoms with van der Waals surface area (Å²) < 4.78 is 6.27. The number of aliphatic hydroxyl groups excluding tert-OH is 1. The van der Waals surface area contributed by atoms with Crippen LogP contribution in [0.25, 0.3) is 0 Å². The largest absolute Gasteiger partial charge is 0.432 e. The Hall–Kier alpha value is -1.99. The average Bonchev–Trinajstić information content (AvgIpc) is 3.03. The molecule has 1 aliphatic heterocycles. The van der Waals surface area contributed by atoms with E-state index in [4.69, 9.17) is 4.74 Å². The molecule has 1 aliphatic rings. The highest BCUT2D eigenvalue weighted by Gasteiger charge is 2.49. The van der Waals surface area contributed by atoms with Crippen LogP contribution in [0.1, 0.15) is 35.7 Å². The molecule has 5 nitrogen and oxygen atoms in total. The molecule has 6 heteroatoms. The lowest BCUT2D eigenvalue weighted by atomic mass is 9.95. The summed E-state index contributed by atoms with van der Waals surface area (Å²) in [6.45, 7) is 6.16. The Kier molecular flexibility index (Phi) is 7.47. The Labute approximate surface area is 180 Å². The zero-order valence-corrected chi connectivity index (χ0v) is 19.0. The van der Waals surface area contributed by atoms with Gasteiger partial charge in [0.2, 0.25) is 0 Å². The molecule has 0 unspecified atom stereocenters. The molecule has 0 aliphatic carbocycles. The van der Waals surface area contributed by atoms with Gasteiger partial charge in [0.25, 0.3) is 5.91 Å². The maximum Gasteiger partial charge on any atom is 0.255 e. The number of anilines is 1. The second kappa shape index (κ2) is 9.88. The Morgan fingerprint density at radius 2 is 1.80 bits per heavy atom. The van der Waals surface area contributed by atoms with E-state index < -0.39 is 8.32 Å². The van der Waals surface area contributed by atoms with Crippen LogP contribution in [0.4, 0.5) is 5.69 Å². The number of nitrogens with one attached hydrogen (secondary N) is 1. The number of aryl methyl sites for hydroxylation is 1. The normalized spacial score (nSPS) is 24.0. The highest BCUT2D eigenvalue weighted by molar-refractivity contribution is 6.71. The first-order valence-electron chi connectivity index (χ1n) is 10.7. The van der Waals surface area contributed by atoms with Gasteiger partial charge in [-0.3, -0.25) is 4.79 Å². The van der Waals surface area contributed by atoms with Crippen molar-refractivity contribution in [3.05, 3.63) is 65.7 Å². The number of benzene rings is 2. The van der Waals surface area contributed by atoms with Crippen LogP contribution in [0.15, 0.2) is 54.6 Å². The Morgan fingerprint density at radius 3 is 2.47 bits per heavy atom. The third-order valence-corrected chi connectivity index (χ3v) is 8.60. The smallest absolute Gasteiger partial charge is 0.255 e. The van der Waals surface area contributed by atoms with Gasteiger partial charge in [0.05, 0.1) is 12.2 Å². The Morgan fingerprint density at radius 1 is 1.07 bits per heavy atom. The number of carbonyl (C=O) groups is 1. The van der Waals surface area contributed by atoms with E-state index in [-0.39, 0.29) is 36.2 Å². The molecule has 4 atom stereocenters. The van der Waals surface area contributed by atoms with E-state index in [0.717, 1.165) is 24.1 Å². The van der Waals surface area contributed by atoms with E-state index >= 15 is 0 Å². The molecule has 2 aromatic rings. The molecular formula is C24H33NO4Si. The van der Waals surface area contributed by atoms with Crippen LogP contribution in [-0.4, -0.2) is 42.9 Å². The van der Waals surface area contributed by atoms with Gasteiger partial charge in [0, 0.05) is 23.4 Å². The third kappa shape index (κ3) is 5.58. The minimum atomic E-state index is -2.38. The van der Waals surface area contributed by atoms with Crippen LogP contribution < -0.4 is 5.32 Å². The van der Waals surface area contributed by atoms with Crippen molar-refractivity contribution in [1.29, 1.82) is 0 Å². The molecule has 2 aromatic carbocycles. The number of hydrogen-bond acceptors (Lipinski definition) is 4. The van der Waals surface area contributed by atoms with E-state index in [1.807, 2.05) is 49.5 Å². The summed E-state index contributed by atoms with van der Waals surface area (Å²) >= 11 is 0. The lowest BCUT2D eigenvalue weighted by Gasteiger charge is -2.30. The number of aliphatic hydroxyl groups is 1. The van der Waals surface area contributed by atoms with Crippen LogP contribution in [0.3, 0.4) is 0 Å². The molecule has 1 heterocycles. The molecule has 162 valence electrons. The lowest BCUT2D eigenvalue weighted by molar-refractivity contribution is 0.0192. The lowest BCUT2D eigenvalue weighted by Crippen LogP contribution is -2.40. The minimum Gasteiger partial charge on any atom is -0.432 e. The average molecular weight is 428 g/mol. The quantitative estimate of drug-likeness (QED) is 0.551. The van der Waals surface area contributed by atoms with Crippen molar-refractivity contribution in [2.75, 3.05) is 11.9 Å². The fourth-order valence-corrected chi connectivity index (χ4v) is 7.37. The molecule has 1 saturated heterocycles. The van der Waals surface area contributed by atoms with Crippen LogP contribution in [-0.2, 0) is 11.2 Å². The van der Waals surface area contributed by atoms with E-state index in [9.17, 15) is 14.7 Å². The first kappa shape index (κ1) is 22.7. The third-order valence-electron chi connectivity index (χ3n) is 6.07. The Bertz CT molecular complexity index is 837. The van der Waals surface area contributed by atoms with Crippen molar-refractivity contribution >= 4 is 19.9 Å². The van der Waals surface area contributed by atoms with Crippen molar-refractivity contribution in [1.82, 2.24) is 0 Å². The molecule has 0 saturated carbocycles. The van der Waals surface area contributed by atoms with Crippen molar-refractivity contribution in [3.8, 4) is 0 Å². The zero-order valence-electron chi connectivity index (χ0n) is 18.0. The summed E-state index contributed by atoms with van der Waals surface area (Å²) in [6.07, 6.45) is 2.24. The van der Waals surface area contributed by atoms with Crippen molar-refractivity contribution in [2.24, 2.45) is 5.92 Å². The summed E-state index contributed by atoms with van der Waals surface area (Å²) in [7, 11) is -2.38. The predicted molar refractivity (Wildman–Crippen MR) is 122 cm³/mol. The SMILES string of the molecule is C[C@H]1[C@H]([Si](C)(C)O)[C@@H](CCO)O[C@H]1CCc1cccc(NC(=O)c2ccccc2)c1. The minimum absolute atomic E-state index is 0.0630.